The molecule has 128 valence electrons. The van der Waals surface area contributed by atoms with E-state index in [4.69, 9.17) is 10.2 Å². The van der Waals surface area contributed by atoms with Crippen LogP contribution < -0.4 is 16.1 Å². The van der Waals surface area contributed by atoms with Gasteiger partial charge in [-0.25, -0.2) is 0 Å². The molecule has 24 heavy (non-hydrogen) atoms. The normalized spacial score (nSPS) is 17.3. The molecule has 2 N–H and O–H groups in total. The van der Waals surface area contributed by atoms with Crippen molar-refractivity contribution in [1.29, 1.82) is 0 Å². The minimum absolute atomic E-state index is 0.0236. The van der Waals surface area contributed by atoms with E-state index < -0.39 is 8.32 Å². The van der Waals surface area contributed by atoms with E-state index in [2.05, 4.69) is 81.4 Å². The molecule has 1 fully saturated rings. The summed E-state index contributed by atoms with van der Waals surface area (Å²) in [7, 11) is -2.42. The molecule has 0 bridgehead atoms. The standard InChI is InChI=1S/C21H29NOSi/c1-20(2,3)24(18-11-6-4-7-12-18,19-13-8-5-9-14-19)23-17-21(22)15-10-16-21/h4-9,11-14H,10,15-17,22H2,1-3H3. The molecular weight excluding hydrogens is 310 g/mol. The molecule has 0 spiro atoms. The second-order valence-corrected chi connectivity index (χ2v) is 12.5. The minimum Gasteiger partial charge on any atom is -0.406 e. The third kappa shape index (κ3) is 3.08. The second-order valence-electron chi connectivity index (χ2n) is 8.17. The summed E-state index contributed by atoms with van der Waals surface area (Å²) in [5.41, 5.74) is 6.37. The summed E-state index contributed by atoms with van der Waals surface area (Å²) < 4.78 is 6.89. The number of benzene rings is 2. The van der Waals surface area contributed by atoms with Gasteiger partial charge < -0.3 is 10.2 Å². The second kappa shape index (κ2) is 6.47. The molecule has 3 heteroatoms. The van der Waals surface area contributed by atoms with Crippen molar-refractivity contribution in [2.45, 2.75) is 50.6 Å². The van der Waals surface area contributed by atoms with Crippen molar-refractivity contribution in [1.82, 2.24) is 0 Å². The smallest absolute Gasteiger partial charge is 0.261 e. The Bertz CT molecular complexity index is 620. The lowest BCUT2D eigenvalue weighted by atomic mass is 9.79. The fraction of sp³-hybridized carbons (Fsp3) is 0.429. The van der Waals surface area contributed by atoms with E-state index >= 15 is 0 Å². The van der Waals surface area contributed by atoms with Gasteiger partial charge in [0.1, 0.15) is 0 Å². The molecule has 1 aliphatic rings. The Kier molecular flexibility index (Phi) is 4.69. The molecule has 2 aromatic carbocycles. The first-order valence-electron chi connectivity index (χ1n) is 8.91. The van der Waals surface area contributed by atoms with Crippen molar-refractivity contribution in [2.24, 2.45) is 5.73 Å². The fourth-order valence-electron chi connectivity index (χ4n) is 3.79. The third-order valence-corrected chi connectivity index (χ3v) is 10.3. The van der Waals surface area contributed by atoms with Gasteiger partial charge in [-0.2, -0.15) is 0 Å². The summed E-state index contributed by atoms with van der Waals surface area (Å²) in [5, 5.41) is 2.67. The third-order valence-electron chi connectivity index (χ3n) is 5.34. The van der Waals surface area contributed by atoms with Gasteiger partial charge in [0.25, 0.3) is 8.32 Å². The monoisotopic (exact) mass is 339 g/mol. The number of nitrogens with two attached hydrogens (primary N) is 1. The van der Waals surface area contributed by atoms with Crippen LogP contribution in [0.15, 0.2) is 60.7 Å². The van der Waals surface area contributed by atoms with Crippen LogP contribution in [-0.4, -0.2) is 20.5 Å². The van der Waals surface area contributed by atoms with Gasteiger partial charge in [-0.15, -0.1) is 0 Å². The maximum Gasteiger partial charge on any atom is 0.261 e. The largest absolute Gasteiger partial charge is 0.406 e. The van der Waals surface area contributed by atoms with Crippen molar-refractivity contribution >= 4 is 18.7 Å². The van der Waals surface area contributed by atoms with E-state index in [1.54, 1.807) is 0 Å². The number of hydrogen-bond donors (Lipinski definition) is 1. The van der Waals surface area contributed by atoms with Gasteiger partial charge in [-0.3, -0.25) is 0 Å². The Labute approximate surface area is 147 Å². The fourth-order valence-corrected chi connectivity index (χ4v) is 8.45. The highest BCUT2D eigenvalue weighted by Gasteiger charge is 2.51. The predicted octanol–water partition coefficient (Wildman–Crippen LogP) is 3.44. The van der Waals surface area contributed by atoms with Gasteiger partial charge in [0, 0.05) is 5.54 Å². The summed E-state index contributed by atoms with van der Waals surface area (Å²) in [6.45, 7) is 7.58. The first kappa shape index (κ1) is 17.4. The number of hydrogen-bond acceptors (Lipinski definition) is 2. The molecule has 0 amide bonds. The van der Waals surface area contributed by atoms with Gasteiger partial charge in [-0.05, 0) is 34.7 Å². The molecule has 2 nitrogen and oxygen atoms in total. The van der Waals surface area contributed by atoms with E-state index in [9.17, 15) is 0 Å². The molecule has 1 saturated carbocycles. The van der Waals surface area contributed by atoms with E-state index in [0.717, 1.165) is 12.8 Å². The summed E-state index contributed by atoms with van der Waals surface area (Å²) in [6, 6.07) is 21.6. The van der Waals surface area contributed by atoms with Crippen molar-refractivity contribution in [2.75, 3.05) is 6.61 Å². The quantitative estimate of drug-likeness (QED) is 0.847. The molecule has 1 aliphatic carbocycles. The molecular formula is C21H29NOSi. The van der Waals surface area contributed by atoms with Crippen LogP contribution in [0.1, 0.15) is 40.0 Å². The molecule has 0 atom stereocenters. The highest BCUT2D eigenvalue weighted by molar-refractivity contribution is 6.99. The first-order valence-corrected chi connectivity index (χ1v) is 10.8. The maximum absolute atomic E-state index is 6.89. The molecule has 3 rings (SSSR count). The molecule has 0 aliphatic heterocycles. The zero-order valence-corrected chi connectivity index (χ0v) is 16.1. The van der Waals surface area contributed by atoms with Crippen LogP contribution in [0, 0.1) is 0 Å². The zero-order chi connectivity index (χ0) is 17.3. The van der Waals surface area contributed by atoms with Crippen molar-refractivity contribution in [3.05, 3.63) is 60.7 Å². The van der Waals surface area contributed by atoms with Crippen LogP contribution in [0.2, 0.25) is 5.04 Å². The Morgan fingerprint density at radius 3 is 1.71 bits per heavy atom. The van der Waals surface area contributed by atoms with Gasteiger partial charge in [0.2, 0.25) is 0 Å². The Morgan fingerprint density at radius 2 is 1.38 bits per heavy atom. The van der Waals surface area contributed by atoms with Crippen LogP contribution in [0.5, 0.6) is 0 Å². The zero-order valence-electron chi connectivity index (χ0n) is 15.1. The Morgan fingerprint density at radius 1 is 0.917 bits per heavy atom. The minimum atomic E-state index is -2.42. The maximum atomic E-state index is 6.89. The molecule has 2 aromatic rings. The summed E-state index contributed by atoms with van der Waals surface area (Å²) >= 11 is 0. The van der Waals surface area contributed by atoms with Crippen LogP contribution in [0.4, 0.5) is 0 Å². The van der Waals surface area contributed by atoms with Gasteiger partial charge in [-0.1, -0.05) is 81.4 Å². The van der Waals surface area contributed by atoms with Gasteiger partial charge in [0.05, 0.1) is 6.61 Å². The topological polar surface area (TPSA) is 35.2 Å². The van der Waals surface area contributed by atoms with E-state index in [1.807, 2.05) is 0 Å². The van der Waals surface area contributed by atoms with Crippen molar-refractivity contribution < 1.29 is 4.43 Å². The van der Waals surface area contributed by atoms with E-state index in [0.29, 0.717) is 6.61 Å². The molecule has 0 saturated heterocycles. The molecule has 0 heterocycles. The van der Waals surface area contributed by atoms with Crippen molar-refractivity contribution in [3.8, 4) is 0 Å². The summed E-state index contributed by atoms with van der Waals surface area (Å²) in [5.74, 6) is 0. The van der Waals surface area contributed by atoms with E-state index in [-0.39, 0.29) is 10.6 Å². The van der Waals surface area contributed by atoms with Crippen LogP contribution >= 0.6 is 0 Å². The lowest BCUT2D eigenvalue weighted by molar-refractivity contribution is 0.135. The summed E-state index contributed by atoms with van der Waals surface area (Å²) in [4.78, 5) is 0. The van der Waals surface area contributed by atoms with Gasteiger partial charge in [0.15, 0.2) is 0 Å². The van der Waals surface area contributed by atoms with Crippen LogP contribution in [0.25, 0.3) is 0 Å². The van der Waals surface area contributed by atoms with Crippen LogP contribution in [0.3, 0.4) is 0 Å². The molecule has 0 radical (unpaired) electrons. The number of rotatable bonds is 5. The van der Waals surface area contributed by atoms with Crippen LogP contribution in [-0.2, 0) is 4.43 Å². The summed E-state index contributed by atoms with van der Waals surface area (Å²) in [6.07, 6.45) is 3.37. The van der Waals surface area contributed by atoms with E-state index in [1.165, 1.54) is 16.8 Å². The lowest BCUT2D eigenvalue weighted by Crippen LogP contribution is -2.68. The highest BCUT2D eigenvalue weighted by atomic mass is 28.4. The average molecular weight is 340 g/mol. The van der Waals surface area contributed by atoms with Gasteiger partial charge >= 0.3 is 0 Å². The molecule has 0 aromatic heterocycles. The molecule has 0 unspecified atom stereocenters. The predicted molar refractivity (Wildman–Crippen MR) is 104 cm³/mol. The first-order chi connectivity index (χ1) is 11.4. The lowest BCUT2D eigenvalue weighted by Gasteiger charge is -2.47. The highest BCUT2D eigenvalue weighted by Crippen LogP contribution is 2.38. The Balaban J connectivity index is 2.10. The Hall–Kier alpha value is -1.42. The SMILES string of the molecule is CC(C)(C)[Si](OCC1(N)CCC1)(c1ccccc1)c1ccccc1. The van der Waals surface area contributed by atoms with Crippen molar-refractivity contribution in [3.63, 3.8) is 0 Å². The average Bonchev–Trinajstić information content (AvgIpc) is 2.54.